The lowest BCUT2D eigenvalue weighted by atomic mass is 10.1. The van der Waals surface area contributed by atoms with E-state index in [0.29, 0.717) is 5.71 Å². The maximum absolute atomic E-state index is 12.5. The zero-order valence-electron chi connectivity index (χ0n) is 11.5. The number of aliphatic hydroxyl groups is 1. The predicted molar refractivity (Wildman–Crippen MR) is 67.2 cm³/mol. The van der Waals surface area contributed by atoms with Crippen LogP contribution in [0.4, 0.5) is 8.78 Å². The van der Waals surface area contributed by atoms with Crippen LogP contribution in [0.2, 0.25) is 18.1 Å². The van der Waals surface area contributed by atoms with Crippen molar-refractivity contribution in [3.63, 3.8) is 0 Å². The first-order chi connectivity index (χ1) is 7.98. The lowest BCUT2D eigenvalue weighted by Crippen LogP contribution is -2.42. The van der Waals surface area contributed by atoms with E-state index in [-0.39, 0.29) is 18.1 Å². The minimum atomic E-state index is -2.98. The van der Waals surface area contributed by atoms with Gasteiger partial charge in [-0.2, -0.15) is 0 Å². The molecule has 0 saturated heterocycles. The van der Waals surface area contributed by atoms with Crippen LogP contribution in [-0.4, -0.2) is 38.0 Å². The predicted octanol–water partition coefficient (Wildman–Crippen LogP) is 2.74. The van der Waals surface area contributed by atoms with Crippen LogP contribution in [-0.2, 0) is 9.26 Å². The lowest BCUT2D eigenvalue weighted by molar-refractivity contribution is -0.253. The second-order valence-corrected chi connectivity index (χ2v) is 10.9. The fourth-order valence-electron chi connectivity index (χ4n) is 1.18. The fraction of sp³-hybridized carbons (Fsp3) is 0.909. The van der Waals surface area contributed by atoms with Gasteiger partial charge < -0.3 is 14.4 Å². The summed E-state index contributed by atoms with van der Waals surface area (Å²) in [4.78, 5) is 4.39. The van der Waals surface area contributed by atoms with Crippen molar-refractivity contribution in [1.29, 1.82) is 0 Å². The third-order valence-corrected chi connectivity index (χ3v) is 8.02. The van der Waals surface area contributed by atoms with Crippen LogP contribution in [0.25, 0.3) is 0 Å². The van der Waals surface area contributed by atoms with Crippen molar-refractivity contribution in [1.82, 2.24) is 0 Å². The lowest BCUT2D eigenvalue weighted by Gasteiger charge is -2.36. The van der Waals surface area contributed by atoms with E-state index in [2.05, 4.69) is 43.9 Å². The Labute approximate surface area is 107 Å². The molecule has 106 valence electrons. The van der Waals surface area contributed by atoms with Gasteiger partial charge in [0.15, 0.2) is 8.32 Å². The third-order valence-electron chi connectivity index (χ3n) is 3.54. The van der Waals surface area contributed by atoms with E-state index in [1.54, 1.807) is 0 Å². The first-order valence-corrected chi connectivity index (χ1v) is 8.77. The van der Waals surface area contributed by atoms with E-state index < -0.39 is 20.5 Å². The summed E-state index contributed by atoms with van der Waals surface area (Å²) < 4.78 is 30.8. The van der Waals surface area contributed by atoms with E-state index in [9.17, 15) is 13.9 Å². The van der Waals surface area contributed by atoms with Crippen molar-refractivity contribution in [2.75, 3.05) is 6.61 Å². The van der Waals surface area contributed by atoms with Crippen molar-refractivity contribution in [3.8, 4) is 0 Å². The summed E-state index contributed by atoms with van der Waals surface area (Å²) in [6, 6.07) is 0. The van der Waals surface area contributed by atoms with E-state index in [1.807, 2.05) is 0 Å². The minimum absolute atomic E-state index is 0.0338. The molecule has 1 heterocycles. The molecule has 0 aromatic rings. The van der Waals surface area contributed by atoms with Gasteiger partial charge in [0.1, 0.15) is 0 Å². The standard InChI is InChI=1S/C11H21F2NO3Si/c1-10(2,3)18(4,5)16-7-8-6-11(15,9(12)13)17-14-8/h9,15H,6-7H2,1-5H3. The quantitative estimate of drug-likeness (QED) is 0.806. The number of rotatable bonds is 4. The Balaban J connectivity index is 2.53. The number of hydrogen-bond acceptors (Lipinski definition) is 4. The molecule has 0 bridgehead atoms. The average Bonchev–Trinajstić information content (AvgIpc) is 2.57. The van der Waals surface area contributed by atoms with Crippen molar-refractivity contribution in [3.05, 3.63) is 0 Å². The Morgan fingerprint density at radius 1 is 1.50 bits per heavy atom. The zero-order valence-corrected chi connectivity index (χ0v) is 12.5. The molecule has 7 heteroatoms. The highest BCUT2D eigenvalue weighted by Crippen LogP contribution is 2.37. The molecule has 1 aliphatic rings. The van der Waals surface area contributed by atoms with Crippen LogP contribution < -0.4 is 0 Å². The molecule has 1 rings (SSSR count). The molecule has 0 aromatic carbocycles. The summed E-state index contributed by atoms with van der Waals surface area (Å²) in [5.74, 6) is -2.48. The number of alkyl halides is 2. The van der Waals surface area contributed by atoms with E-state index >= 15 is 0 Å². The Morgan fingerprint density at radius 2 is 2.06 bits per heavy atom. The smallest absolute Gasteiger partial charge is 0.305 e. The van der Waals surface area contributed by atoms with Crippen molar-refractivity contribution >= 4 is 14.0 Å². The van der Waals surface area contributed by atoms with E-state index in [1.165, 1.54) is 0 Å². The van der Waals surface area contributed by atoms with Crippen LogP contribution in [0, 0.1) is 0 Å². The van der Waals surface area contributed by atoms with Crippen LogP contribution in [0.5, 0.6) is 0 Å². The minimum Gasteiger partial charge on any atom is -0.411 e. The summed E-state index contributed by atoms with van der Waals surface area (Å²) in [6.45, 7) is 10.5. The molecule has 18 heavy (non-hydrogen) atoms. The molecular weight excluding hydrogens is 260 g/mol. The molecule has 0 fully saturated rings. The molecule has 0 spiro atoms. The van der Waals surface area contributed by atoms with Gasteiger partial charge in [0.25, 0.3) is 0 Å². The first-order valence-electron chi connectivity index (χ1n) is 5.86. The van der Waals surface area contributed by atoms with Crippen LogP contribution in [0.3, 0.4) is 0 Å². The van der Waals surface area contributed by atoms with Crippen molar-refractivity contribution in [2.24, 2.45) is 5.16 Å². The number of oxime groups is 1. The summed E-state index contributed by atoms with van der Waals surface area (Å²) in [6.07, 6.45) is -3.29. The third kappa shape index (κ3) is 3.27. The van der Waals surface area contributed by atoms with Gasteiger partial charge in [-0.25, -0.2) is 8.78 Å². The maximum atomic E-state index is 12.5. The van der Waals surface area contributed by atoms with Gasteiger partial charge in [0.05, 0.1) is 18.7 Å². The SMILES string of the molecule is CC(C)(C)[Si](C)(C)OCC1=NOC(O)(C(F)F)C1. The van der Waals surface area contributed by atoms with Crippen LogP contribution >= 0.6 is 0 Å². The Hall–Kier alpha value is -0.533. The van der Waals surface area contributed by atoms with Gasteiger partial charge in [-0.3, -0.25) is 0 Å². The molecule has 1 unspecified atom stereocenters. The monoisotopic (exact) mass is 281 g/mol. The van der Waals surface area contributed by atoms with Crippen molar-refractivity contribution < 1.29 is 23.2 Å². The van der Waals surface area contributed by atoms with Crippen molar-refractivity contribution in [2.45, 2.75) is 57.5 Å². The molecule has 0 aromatic heterocycles. The number of hydrogen-bond donors (Lipinski definition) is 1. The largest absolute Gasteiger partial charge is 0.411 e. The highest BCUT2D eigenvalue weighted by atomic mass is 28.4. The highest BCUT2D eigenvalue weighted by molar-refractivity contribution is 6.74. The average molecular weight is 281 g/mol. The molecule has 0 saturated carbocycles. The maximum Gasteiger partial charge on any atom is 0.305 e. The molecule has 0 aliphatic carbocycles. The second kappa shape index (κ2) is 4.86. The summed E-state index contributed by atoms with van der Waals surface area (Å²) in [5, 5.41) is 12.9. The number of halogens is 2. The van der Waals surface area contributed by atoms with E-state index in [4.69, 9.17) is 4.43 Å². The molecule has 0 radical (unpaired) electrons. The topological polar surface area (TPSA) is 51.0 Å². The molecule has 1 atom stereocenters. The van der Waals surface area contributed by atoms with E-state index in [0.717, 1.165) is 0 Å². The summed E-state index contributed by atoms with van der Waals surface area (Å²) in [5.41, 5.74) is 0.322. The molecule has 1 aliphatic heterocycles. The second-order valence-electron chi connectivity index (χ2n) is 6.12. The molecular formula is C11H21F2NO3Si. The summed E-state index contributed by atoms with van der Waals surface area (Å²) >= 11 is 0. The van der Waals surface area contributed by atoms with Gasteiger partial charge in [0, 0.05) is 0 Å². The molecule has 4 nitrogen and oxygen atoms in total. The Morgan fingerprint density at radius 3 is 2.44 bits per heavy atom. The number of nitrogens with zero attached hydrogens (tertiary/aromatic N) is 1. The van der Waals surface area contributed by atoms with Crippen LogP contribution in [0.1, 0.15) is 27.2 Å². The molecule has 0 amide bonds. The Bertz CT molecular complexity index is 342. The van der Waals surface area contributed by atoms with Gasteiger partial charge in [0.2, 0.25) is 0 Å². The normalized spacial score (nSPS) is 25.3. The fourth-order valence-corrected chi connectivity index (χ4v) is 2.14. The van der Waals surface area contributed by atoms with Crippen LogP contribution in [0.15, 0.2) is 5.16 Å². The Kier molecular flexibility index (Phi) is 4.19. The summed E-state index contributed by atoms with van der Waals surface area (Å²) in [7, 11) is -1.95. The zero-order chi connectivity index (χ0) is 14.2. The first kappa shape index (κ1) is 15.5. The molecule has 1 N–H and O–H groups in total. The van der Waals surface area contributed by atoms with Gasteiger partial charge in [-0.15, -0.1) is 0 Å². The van der Waals surface area contributed by atoms with Gasteiger partial charge in [-0.05, 0) is 18.1 Å². The van der Waals surface area contributed by atoms with Gasteiger partial charge in [-0.1, -0.05) is 25.9 Å². The highest BCUT2D eigenvalue weighted by Gasteiger charge is 2.47. The van der Waals surface area contributed by atoms with Gasteiger partial charge >= 0.3 is 12.2 Å².